The number of nitrogen functional groups attached to an aromatic ring is 1. The van der Waals surface area contributed by atoms with Crippen LogP contribution in [0.2, 0.25) is 0 Å². The summed E-state index contributed by atoms with van der Waals surface area (Å²) in [5.41, 5.74) is 6.58. The molecular weight excluding hydrogens is 180 g/mol. The van der Waals surface area contributed by atoms with Crippen molar-refractivity contribution in [2.75, 3.05) is 19.5 Å². The van der Waals surface area contributed by atoms with Crippen molar-refractivity contribution in [1.29, 1.82) is 5.26 Å². The van der Waals surface area contributed by atoms with E-state index in [0.29, 0.717) is 29.4 Å². The van der Waals surface area contributed by atoms with Crippen LogP contribution in [0.15, 0.2) is 12.1 Å². The Bertz CT molecular complexity index is 369. The van der Waals surface area contributed by atoms with Gasteiger partial charge in [0.2, 0.25) is 0 Å². The van der Waals surface area contributed by atoms with Crippen molar-refractivity contribution in [1.82, 2.24) is 0 Å². The van der Waals surface area contributed by atoms with Gasteiger partial charge in [-0.15, -0.1) is 0 Å². The zero-order valence-electron chi connectivity index (χ0n) is 8.20. The summed E-state index contributed by atoms with van der Waals surface area (Å²) in [4.78, 5) is 0. The zero-order valence-corrected chi connectivity index (χ0v) is 8.20. The van der Waals surface area contributed by atoms with E-state index in [2.05, 4.69) is 0 Å². The number of benzene rings is 1. The maximum Gasteiger partial charge on any atom is 0.184 e. The van der Waals surface area contributed by atoms with E-state index in [-0.39, 0.29) is 0 Å². The SMILES string of the molecule is CCOc1c(N)cc(C#N)cc1OC. The van der Waals surface area contributed by atoms with Gasteiger partial charge in [-0.3, -0.25) is 0 Å². The smallest absolute Gasteiger partial charge is 0.184 e. The summed E-state index contributed by atoms with van der Waals surface area (Å²) in [6.07, 6.45) is 0. The molecule has 0 spiro atoms. The molecule has 1 rings (SSSR count). The highest BCUT2D eigenvalue weighted by Gasteiger charge is 2.10. The number of rotatable bonds is 3. The first-order valence-electron chi connectivity index (χ1n) is 4.23. The molecule has 0 amide bonds. The molecule has 74 valence electrons. The Morgan fingerprint density at radius 2 is 2.21 bits per heavy atom. The quantitative estimate of drug-likeness (QED) is 0.737. The Morgan fingerprint density at radius 1 is 1.50 bits per heavy atom. The van der Waals surface area contributed by atoms with Gasteiger partial charge in [0.15, 0.2) is 11.5 Å². The van der Waals surface area contributed by atoms with E-state index in [1.807, 2.05) is 13.0 Å². The molecule has 0 aliphatic carbocycles. The minimum Gasteiger partial charge on any atom is -0.493 e. The standard InChI is InChI=1S/C10H12N2O2/c1-3-14-10-8(12)4-7(6-11)5-9(10)13-2/h4-5H,3,12H2,1-2H3. The fraction of sp³-hybridized carbons (Fsp3) is 0.300. The highest BCUT2D eigenvalue weighted by atomic mass is 16.5. The van der Waals surface area contributed by atoms with Crippen molar-refractivity contribution in [2.24, 2.45) is 0 Å². The largest absolute Gasteiger partial charge is 0.493 e. The fourth-order valence-electron chi connectivity index (χ4n) is 1.14. The van der Waals surface area contributed by atoms with Gasteiger partial charge in [-0.1, -0.05) is 0 Å². The number of nitrogens with zero attached hydrogens (tertiary/aromatic N) is 1. The van der Waals surface area contributed by atoms with Crippen LogP contribution in [0.5, 0.6) is 11.5 Å². The number of nitrogens with two attached hydrogens (primary N) is 1. The summed E-state index contributed by atoms with van der Waals surface area (Å²) in [6, 6.07) is 5.16. The van der Waals surface area contributed by atoms with Crippen LogP contribution in [-0.2, 0) is 0 Å². The summed E-state index contributed by atoms with van der Waals surface area (Å²) in [6.45, 7) is 2.36. The van der Waals surface area contributed by atoms with Gasteiger partial charge in [0.1, 0.15) is 0 Å². The van der Waals surface area contributed by atoms with E-state index >= 15 is 0 Å². The molecule has 14 heavy (non-hydrogen) atoms. The topological polar surface area (TPSA) is 68.3 Å². The Labute approximate surface area is 82.9 Å². The number of anilines is 1. The lowest BCUT2D eigenvalue weighted by atomic mass is 10.2. The second-order valence-electron chi connectivity index (χ2n) is 2.64. The number of methoxy groups -OCH3 is 1. The van der Waals surface area contributed by atoms with Crippen LogP contribution in [0.4, 0.5) is 5.69 Å². The average molecular weight is 192 g/mol. The minimum atomic E-state index is 0.419. The third-order valence-corrected chi connectivity index (χ3v) is 1.72. The molecule has 2 N–H and O–H groups in total. The molecule has 0 saturated carbocycles. The first-order chi connectivity index (χ1) is 6.72. The highest BCUT2D eigenvalue weighted by molar-refractivity contribution is 5.64. The van der Waals surface area contributed by atoms with Crippen LogP contribution in [-0.4, -0.2) is 13.7 Å². The molecule has 4 nitrogen and oxygen atoms in total. The Kier molecular flexibility index (Phi) is 3.19. The van der Waals surface area contributed by atoms with E-state index in [9.17, 15) is 0 Å². The molecule has 0 atom stereocenters. The molecule has 1 aromatic rings. The molecule has 0 radical (unpaired) electrons. The summed E-state index contributed by atoms with van der Waals surface area (Å²) in [7, 11) is 1.51. The van der Waals surface area contributed by atoms with Crippen LogP contribution in [0.3, 0.4) is 0 Å². The Morgan fingerprint density at radius 3 is 2.71 bits per heavy atom. The number of hydrogen-bond donors (Lipinski definition) is 1. The predicted octanol–water partition coefficient (Wildman–Crippen LogP) is 1.55. The summed E-state index contributed by atoms with van der Waals surface area (Å²) < 4.78 is 10.4. The van der Waals surface area contributed by atoms with Crippen molar-refractivity contribution in [3.8, 4) is 17.6 Å². The van der Waals surface area contributed by atoms with Crippen LogP contribution in [0.25, 0.3) is 0 Å². The lowest BCUT2D eigenvalue weighted by Crippen LogP contribution is -2.00. The first kappa shape index (κ1) is 10.2. The molecular formula is C10H12N2O2. The molecule has 0 aliphatic rings. The third kappa shape index (κ3) is 1.88. The fourth-order valence-corrected chi connectivity index (χ4v) is 1.14. The van der Waals surface area contributed by atoms with Crippen molar-refractivity contribution in [3.05, 3.63) is 17.7 Å². The number of nitriles is 1. The van der Waals surface area contributed by atoms with E-state index in [1.54, 1.807) is 12.1 Å². The summed E-state index contributed by atoms with van der Waals surface area (Å²) in [5, 5.41) is 8.70. The highest BCUT2D eigenvalue weighted by Crippen LogP contribution is 2.34. The van der Waals surface area contributed by atoms with E-state index < -0.39 is 0 Å². The molecule has 4 heteroatoms. The van der Waals surface area contributed by atoms with E-state index in [4.69, 9.17) is 20.5 Å². The molecule has 0 aliphatic heterocycles. The maximum atomic E-state index is 8.70. The van der Waals surface area contributed by atoms with Crippen LogP contribution in [0, 0.1) is 11.3 Å². The van der Waals surface area contributed by atoms with Gasteiger partial charge in [0, 0.05) is 6.07 Å². The Balaban J connectivity index is 3.21. The molecule has 0 unspecified atom stereocenters. The van der Waals surface area contributed by atoms with Gasteiger partial charge in [0.05, 0.1) is 31.0 Å². The molecule has 0 fully saturated rings. The van der Waals surface area contributed by atoms with E-state index in [0.717, 1.165) is 0 Å². The summed E-state index contributed by atoms with van der Waals surface area (Å²) in [5.74, 6) is 0.984. The van der Waals surface area contributed by atoms with Crippen LogP contribution in [0.1, 0.15) is 12.5 Å². The lowest BCUT2D eigenvalue weighted by Gasteiger charge is -2.11. The minimum absolute atomic E-state index is 0.419. The predicted molar refractivity (Wildman–Crippen MR) is 53.3 cm³/mol. The van der Waals surface area contributed by atoms with E-state index in [1.165, 1.54) is 7.11 Å². The molecule has 0 heterocycles. The van der Waals surface area contributed by atoms with Gasteiger partial charge >= 0.3 is 0 Å². The monoisotopic (exact) mass is 192 g/mol. The molecule has 1 aromatic carbocycles. The second kappa shape index (κ2) is 4.38. The normalized spacial score (nSPS) is 9.21. The molecule has 0 saturated heterocycles. The average Bonchev–Trinajstić information content (AvgIpc) is 2.20. The zero-order chi connectivity index (χ0) is 10.6. The van der Waals surface area contributed by atoms with Crippen LogP contribution >= 0.6 is 0 Å². The Hall–Kier alpha value is -1.89. The van der Waals surface area contributed by atoms with Crippen molar-refractivity contribution in [3.63, 3.8) is 0 Å². The third-order valence-electron chi connectivity index (χ3n) is 1.72. The van der Waals surface area contributed by atoms with Gasteiger partial charge in [-0.2, -0.15) is 5.26 Å². The van der Waals surface area contributed by atoms with Crippen molar-refractivity contribution < 1.29 is 9.47 Å². The second-order valence-corrected chi connectivity index (χ2v) is 2.64. The van der Waals surface area contributed by atoms with Gasteiger partial charge in [0.25, 0.3) is 0 Å². The molecule has 0 aromatic heterocycles. The summed E-state index contributed by atoms with van der Waals surface area (Å²) >= 11 is 0. The number of ether oxygens (including phenoxy) is 2. The van der Waals surface area contributed by atoms with Gasteiger partial charge in [-0.05, 0) is 13.0 Å². The van der Waals surface area contributed by atoms with Crippen molar-refractivity contribution in [2.45, 2.75) is 6.92 Å². The number of hydrogen-bond acceptors (Lipinski definition) is 4. The van der Waals surface area contributed by atoms with Crippen molar-refractivity contribution >= 4 is 5.69 Å². The maximum absolute atomic E-state index is 8.70. The lowest BCUT2D eigenvalue weighted by molar-refractivity contribution is 0.312. The van der Waals surface area contributed by atoms with Crippen LogP contribution < -0.4 is 15.2 Å². The van der Waals surface area contributed by atoms with Gasteiger partial charge in [-0.25, -0.2) is 0 Å². The molecule has 0 bridgehead atoms. The first-order valence-corrected chi connectivity index (χ1v) is 4.23. The van der Waals surface area contributed by atoms with Gasteiger partial charge < -0.3 is 15.2 Å².